The van der Waals surface area contributed by atoms with Crippen LogP contribution < -0.4 is 5.73 Å². The quantitative estimate of drug-likeness (QED) is 0.693. The lowest BCUT2D eigenvalue weighted by Gasteiger charge is -2.02. The third-order valence-electron chi connectivity index (χ3n) is 1.98. The van der Waals surface area contributed by atoms with E-state index in [9.17, 15) is 8.42 Å². The van der Waals surface area contributed by atoms with E-state index in [4.69, 9.17) is 5.73 Å². The lowest BCUT2D eigenvalue weighted by molar-refractivity contribution is 0.603. The molecule has 1 heterocycles. The molecule has 0 aliphatic carbocycles. The summed E-state index contributed by atoms with van der Waals surface area (Å²) >= 11 is 1.39. The van der Waals surface area contributed by atoms with E-state index < -0.39 is 9.84 Å². The Kier molecular flexibility index (Phi) is 4.75. The van der Waals surface area contributed by atoms with Crippen molar-refractivity contribution in [3.8, 4) is 0 Å². The van der Waals surface area contributed by atoms with Gasteiger partial charge in [-0.15, -0.1) is 10.2 Å². The first-order chi connectivity index (χ1) is 7.44. The van der Waals surface area contributed by atoms with Gasteiger partial charge in [-0.3, -0.25) is 0 Å². The maximum Gasteiger partial charge on any atom is 0.190 e. The highest BCUT2D eigenvalue weighted by atomic mass is 32.2. The van der Waals surface area contributed by atoms with Crippen LogP contribution in [0.15, 0.2) is 5.16 Å². The van der Waals surface area contributed by atoms with Crippen molar-refractivity contribution in [3.05, 3.63) is 5.82 Å². The van der Waals surface area contributed by atoms with Gasteiger partial charge in [0.05, 0.1) is 5.75 Å². The van der Waals surface area contributed by atoms with Crippen molar-refractivity contribution in [1.29, 1.82) is 0 Å². The molecule has 1 aromatic rings. The van der Waals surface area contributed by atoms with Gasteiger partial charge in [0.15, 0.2) is 5.16 Å². The van der Waals surface area contributed by atoms with Crippen molar-refractivity contribution < 1.29 is 8.42 Å². The lowest BCUT2D eigenvalue weighted by atomic mass is 10.4. The van der Waals surface area contributed by atoms with Gasteiger partial charge in [-0.2, -0.15) is 0 Å². The van der Waals surface area contributed by atoms with Crippen LogP contribution >= 0.6 is 11.8 Å². The molecule has 0 spiro atoms. The Morgan fingerprint density at radius 3 is 2.69 bits per heavy atom. The molecular weight excluding hydrogens is 248 g/mol. The monoisotopic (exact) mass is 264 g/mol. The molecule has 0 saturated heterocycles. The molecule has 1 aromatic heterocycles. The molecule has 0 fully saturated rings. The molecule has 6 nitrogen and oxygen atoms in total. The molecule has 0 atom stereocenters. The third kappa shape index (κ3) is 4.11. The molecule has 92 valence electrons. The molecule has 2 N–H and O–H groups in total. The number of thioether (sulfide) groups is 1. The largest absolute Gasteiger partial charge is 0.330 e. The molecular formula is C8H16N4O2S2. The van der Waals surface area contributed by atoms with Crippen molar-refractivity contribution in [2.45, 2.75) is 11.6 Å². The van der Waals surface area contributed by atoms with Crippen LogP contribution in [0, 0.1) is 0 Å². The van der Waals surface area contributed by atoms with Crippen LogP contribution in [0.5, 0.6) is 0 Å². The van der Waals surface area contributed by atoms with E-state index in [1.807, 2.05) is 11.6 Å². The van der Waals surface area contributed by atoms with Crippen molar-refractivity contribution in [2.75, 3.05) is 24.3 Å². The highest BCUT2D eigenvalue weighted by molar-refractivity contribution is 8.00. The fourth-order valence-corrected chi connectivity index (χ4v) is 3.23. The molecule has 0 radical (unpaired) electrons. The number of hydrogen-bond donors (Lipinski definition) is 1. The summed E-state index contributed by atoms with van der Waals surface area (Å²) in [5.41, 5.74) is 5.43. The number of hydrogen-bond acceptors (Lipinski definition) is 6. The summed E-state index contributed by atoms with van der Waals surface area (Å²) in [6.07, 6.45) is 1.90. The number of rotatable bonds is 6. The van der Waals surface area contributed by atoms with Gasteiger partial charge in [0.1, 0.15) is 15.7 Å². The summed E-state index contributed by atoms with van der Waals surface area (Å²) in [6, 6.07) is 0. The Morgan fingerprint density at radius 2 is 2.12 bits per heavy atom. The zero-order chi connectivity index (χ0) is 12.2. The standard InChI is InChI=1S/C8H16N4O2S2/c1-12-7(3-4-9)10-11-8(12)15-5-6-16(2,13)14/h3-6,9H2,1-2H3. The van der Waals surface area contributed by atoms with E-state index in [-0.39, 0.29) is 5.75 Å². The Labute approximate surface area is 99.5 Å². The van der Waals surface area contributed by atoms with E-state index >= 15 is 0 Å². The molecule has 0 aromatic carbocycles. The van der Waals surface area contributed by atoms with Crippen LogP contribution in [0.4, 0.5) is 0 Å². The normalized spacial score (nSPS) is 11.9. The van der Waals surface area contributed by atoms with Gasteiger partial charge in [0.2, 0.25) is 0 Å². The predicted molar refractivity (Wildman–Crippen MR) is 64.2 cm³/mol. The van der Waals surface area contributed by atoms with Crippen LogP contribution in [0.2, 0.25) is 0 Å². The number of aromatic nitrogens is 3. The fourth-order valence-electron chi connectivity index (χ4n) is 1.10. The Hall–Kier alpha value is -0.600. The minimum Gasteiger partial charge on any atom is -0.330 e. The van der Waals surface area contributed by atoms with Gasteiger partial charge in [-0.25, -0.2) is 8.42 Å². The number of nitrogens with zero attached hydrogens (tertiary/aromatic N) is 3. The molecule has 8 heteroatoms. The SMILES string of the molecule is Cn1c(CCN)nnc1SCCS(C)(=O)=O. The van der Waals surface area contributed by atoms with Crippen molar-refractivity contribution in [1.82, 2.24) is 14.8 Å². The summed E-state index contributed by atoms with van der Waals surface area (Å²) in [7, 11) is -1.05. The summed E-state index contributed by atoms with van der Waals surface area (Å²) < 4.78 is 23.7. The number of sulfone groups is 1. The van der Waals surface area contributed by atoms with Gasteiger partial charge < -0.3 is 10.3 Å². The second-order valence-electron chi connectivity index (χ2n) is 3.47. The van der Waals surface area contributed by atoms with Gasteiger partial charge in [0, 0.05) is 25.5 Å². The third-order valence-corrected chi connectivity index (χ3v) is 4.20. The molecule has 0 unspecified atom stereocenters. The highest BCUT2D eigenvalue weighted by Crippen LogP contribution is 2.15. The zero-order valence-corrected chi connectivity index (χ0v) is 11.0. The first-order valence-electron chi connectivity index (χ1n) is 4.83. The maximum absolute atomic E-state index is 10.9. The maximum atomic E-state index is 10.9. The van der Waals surface area contributed by atoms with E-state index in [0.29, 0.717) is 18.7 Å². The second-order valence-corrected chi connectivity index (χ2v) is 6.80. The topological polar surface area (TPSA) is 90.9 Å². The minimum absolute atomic E-state index is 0.150. The van der Waals surface area contributed by atoms with Crippen molar-refractivity contribution >= 4 is 21.6 Å². The lowest BCUT2D eigenvalue weighted by Crippen LogP contribution is -2.09. The van der Waals surface area contributed by atoms with E-state index in [1.165, 1.54) is 18.0 Å². The average molecular weight is 264 g/mol. The number of nitrogens with two attached hydrogens (primary N) is 1. The van der Waals surface area contributed by atoms with Crippen LogP contribution in [-0.4, -0.2) is 47.5 Å². The second kappa shape index (κ2) is 5.65. The van der Waals surface area contributed by atoms with Gasteiger partial charge in [-0.1, -0.05) is 11.8 Å². The van der Waals surface area contributed by atoms with E-state index in [2.05, 4.69) is 10.2 Å². The van der Waals surface area contributed by atoms with Crippen molar-refractivity contribution in [3.63, 3.8) is 0 Å². The van der Waals surface area contributed by atoms with Crippen LogP contribution in [0.1, 0.15) is 5.82 Å². The fraction of sp³-hybridized carbons (Fsp3) is 0.750. The first kappa shape index (κ1) is 13.5. The first-order valence-corrected chi connectivity index (χ1v) is 7.87. The van der Waals surface area contributed by atoms with Gasteiger partial charge >= 0.3 is 0 Å². The highest BCUT2D eigenvalue weighted by Gasteiger charge is 2.09. The molecule has 0 saturated carbocycles. The van der Waals surface area contributed by atoms with Crippen molar-refractivity contribution in [2.24, 2.45) is 12.8 Å². The molecule has 0 amide bonds. The molecule has 16 heavy (non-hydrogen) atoms. The van der Waals surface area contributed by atoms with E-state index in [0.717, 1.165) is 11.0 Å². The van der Waals surface area contributed by atoms with Crippen LogP contribution in [0.25, 0.3) is 0 Å². The van der Waals surface area contributed by atoms with Crippen LogP contribution in [-0.2, 0) is 23.3 Å². The summed E-state index contributed by atoms with van der Waals surface area (Å²) in [6.45, 7) is 0.528. The summed E-state index contributed by atoms with van der Waals surface area (Å²) in [4.78, 5) is 0. The zero-order valence-electron chi connectivity index (χ0n) is 9.38. The van der Waals surface area contributed by atoms with Gasteiger partial charge in [-0.05, 0) is 6.54 Å². The summed E-state index contributed by atoms with van der Waals surface area (Å²) in [5, 5.41) is 8.69. The molecule has 0 aliphatic heterocycles. The van der Waals surface area contributed by atoms with E-state index in [1.54, 1.807) is 0 Å². The Morgan fingerprint density at radius 1 is 1.44 bits per heavy atom. The predicted octanol–water partition coefficient (Wildman–Crippen LogP) is -0.547. The minimum atomic E-state index is -2.91. The molecule has 1 rings (SSSR count). The van der Waals surface area contributed by atoms with Crippen LogP contribution in [0.3, 0.4) is 0 Å². The summed E-state index contributed by atoms with van der Waals surface area (Å²) in [5.74, 6) is 1.47. The Balaban J connectivity index is 2.55. The smallest absolute Gasteiger partial charge is 0.190 e. The Bertz CT molecular complexity index is 441. The molecule has 0 aliphatic rings. The average Bonchev–Trinajstić information content (AvgIpc) is 2.48. The van der Waals surface area contributed by atoms with Gasteiger partial charge in [0.25, 0.3) is 0 Å². The molecule has 0 bridgehead atoms.